The van der Waals surface area contributed by atoms with Crippen LogP contribution in [-0.2, 0) is 6.54 Å². The highest BCUT2D eigenvalue weighted by Gasteiger charge is 2.09. The van der Waals surface area contributed by atoms with Gasteiger partial charge in [0.15, 0.2) is 0 Å². The van der Waals surface area contributed by atoms with Gasteiger partial charge in [-0.25, -0.2) is 9.48 Å². The van der Waals surface area contributed by atoms with Crippen molar-refractivity contribution in [3.05, 3.63) is 76.0 Å². The van der Waals surface area contributed by atoms with E-state index >= 15 is 0 Å². The Morgan fingerprint density at radius 1 is 1.08 bits per heavy atom. The van der Waals surface area contributed by atoms with E-state index in [1.165, 1.54) is 4.68 Å². The summed E-state index contributed by atoms with van der Waals surface area (Å²) < 4.78 is 4.08. The second-order valence-electron chi connectivity index (χ2n) is 5.45. The molecule has 0 radical (unpaired) electrons. The van der Waals surface area contributed by atoms with Gasteiger partial charge in [0.05, 0.1) is 23.1 Å². The second kappa shape index (κ2) is 5.82. The van der Waals surface area contributed by atoms with Crippen LogP contribution in [0.2, 0.25) is 0 Å². The van der Waals surface area contributed by atoms with Crippen molar-refractivity contribution < 1.29 is 0 Å². The third-order valence-electron chi connectivity index (χ3n) is 3.92. The van der Waals surface area contributed by atoms with E-state index in [1.807, 2.05) is 30.5 Å². The fraction of sp³-hybridized carbons (Fsp3) is 0.118. The molecule has 4 aromatic rings. The maximum atomic E-state index is 12.4. The molecular weight excluding hydrogens is 320 g/mol. The zero-order valence-electron chi connectivity index (χ0n) is 13.4. The minimum Gasteiger partial charge on any atom is -0.267 e. The molecule has 0 amide bonds. The molecule has 0 saturated heterocycles. The van der Waals surface area contributed by atoms with Crippen LogP contribution in [0.1, 0.15) is 6.92 Å². The molecule has 0 spiro atoms. The quantitative estimate of drug-likeness (QED) is 0.561. The minimum atomic E-state index is -0.464. The molecule has 3 heterocycles. The zero-order valence-corrected chi connectivity index (χ0v) is 13.4. The predicted molar refractivity (Wildman–Crippen MR) is 92.2 cm³/mol. The van der Waals surface area contributed by atoms with Gasteiger partial charge >= 0.3 is 5.69 Å². The molecule has 124 valence electrons. The fourth-order valence-corrected chi connectivity index (χ4v) is 2.67. The molecule has 1 aromatic carbocycles. The predicted octanol–water partition coefficient (Wildman–Crippen LogP) is 1.15. The van der Waals surface area contributed by atoms with E-state index < -0.39 is 11.2 Å². The van der Waals surface area contributed by atoms with Crippen molar-refractivity contribution in [1.82, 2.24) is 29.1 Å². The topological polar surface area (TPSA) is 87.6 Å². The largest absolute Gasteiger partial charge is 0.352 e. The lowest BCUT2D eigenvalue weighted by atomic mass is 10.2. The number of nitrogens with zero attached hydrogens (tertiary/aromatic N) is 6. The van der Waals surface area contributed by atoms with Crippen LogP contribution in [-0.4, -0.2) is 29.1 Å². The highest BCUT2D eigenvalue weighted by atomic mass is 16.2. The van der Waals surface area contributed by atoms with Crippen molar-refractivity contribution in [2.45, 2.75) is 13.5 Å². The van der Waals surface area contributed by atoms with Crippen LogP contribution >= 0.6 is 0 Å². The van der Waals surface area contributed by atoms with Crippen LogP contribution in [0.15, 0.2) is 64.7 Å². The van der Waals surface area contributed by atoms with Gasteiger partial charge in [-0.05, 0) is 37.3 Å². The lowest BCUT2D eigenvalue weighted by Gasteiger charge is -2.06. The molecule has 0 bridgehead atoms. The summed E-state index contributed by atoms with van der Waals surface area (Å²) in [7, 11) is 0. The fourth-order valence-electron chi connectivity index (χ4n) is 2.67. The summed E-state index contributed by atoms with van der Waals surface area (Å²) in [5, 5.41) is 9.31. The van der Waals surface area contributed by atoms with Gasteiger partial charge in [-0.15, -0.1) is 0 Å². The van der Waals surface area contributed by atoms with E-state index in [0.717, 1.165) is 27.4 Å². The normalized spacial score (nSPS) is 11.1. The molecule has 0 fully saturated rings. The van der Waals surface area contributed by atoms with Crippen molar-refractivity contribution in [3.63, 3.8) is 0 Å². The van der Waals surface area contributed by atoms with E-state index in [1.54, 1.807) is 30.1 Å². The molecule has 3 aromatic heterocycles. The summed E-state index contributed by atoms with van der Waals surface area (Å²) in [6.45, 7) is 2.04. The average Bonchev–Trinajstić information content (AvgIpc) is 3.06. The Balaban J connectivity index is 1.85. The van der Waals surface area contributed by atoms with Gasteiger partial charge in [-0.2, -0.15) is 14.9 Å². The first-order valence-electron chi connectivity index (χ1n) is 7.77. The Morgan fingerprint density at radius 3 is 2.72 bits per heavy atom. The summed E-state index contributed by atoms with van der Waals surface area (Å²) in [5.41, 5.74) is 1.33. The molecule has 0 N–H and O–H groups in total. The molecule has 8 heteroatoms. The highest BCUT2D eigenvalue weighted by molar-refractivity contribution is 5.80. The number of pyridine rings is 1. The maximum Gasteiger partial charge on any atom is 0.352 e. The number of hydrogen-bond acceptors (Lipinski definition) is 5. The van der Waals surface area contributed by atoms with Gasteiger partial charge in [0.25, 0.3) is 5.56 Å². The minimum absolute atomic E-state index is 0.293. The van der Waals surface area contributed by atoms with Crippen LogP contribution in [0.3, 0.4) is 0 Å². The first-order chi connectivity index (χ1) is 12.2. The molecule has 0 atom stereocenters. The van der Waals surface area contributed by atoms with Crippen molar-refractivity contribution in [1.29, 1.82) is 0 Å². The van der Waals surface area contributed by atoms with Gasteiger partial charge in [0.2, 0.25) is 0 Å². The Hall–Kier alpha value is -3.55. The summed E-state index contributed by atoms with van der Waals surface area (Å²) >= 11 is 0. The standard InChI is InChI=1S/C17H14N6O2/c1-2-21-16(24)10-19-23(17(21)25)13-5-6-15-12(8-13)11-22(20-15)14-4-3-7-18-9-14/h3-11H,2H2,1H3. The molecule has 0 aliphatic rings. The molecule has 0 unspecified atom stereocenters. The van der Waals surface area contributed by atoms with Crippen LogP contribution in [0.4, 0.5) is 0 Å². The third kappa shape index (κ3) is 2.53. The second-order valence-corrected chi connectivity index (χ2v) is 5.45. The Morgan fingerprint density at radius 2 is 1.96 bits per heavy atom. The first-order valence-corrected chi connectivity index (χ1v) is 7.77. The van der Waals surface area contributed by atoms with Crippen molar-refractivity contribution >= 4 is 10.9 Å². The molecule has 0 saturated carbocycles. The van der Waals surface area contributed by atoms with E-state index in [-0.39, 0.29) is 0 Å². The average molecular weight is 334 g/mol. The SMILES string of the molecule is CCn1c(=O)cnn(-c2ccc3nn(-c4cccnc4)cc3c2)c1=O. The first kappa shape index (κ1) is 15.0. The summed E-state index contributed by atoms with van der Waals surface area (Å²) in [6.07, 6.45) is 6.42. The molecule has 0 aliphatic carbocycles. The van der Waals surface area contributed by atoms with E-state index in [9.17, 15) is 9.59 Å². The highest BCUT2D eigenvalue weighted by Crippen LogP contribution is 2.18. The molecular formula is C17H14N6O2. The third-order valence-corrected chi connectivity index (χ3v) is 3.92. The number of aromatic nitrogens is 6. The number of rotatable bonds is 3. The zero-order chi connectivity index (χ0) is 17.4. The smallest absolute Gasteiger partial charge is 0.267 e. The molecule has 8 nitrogen and oxygen atoms in total. The van der Waals surface area contributed by atoms with Crippen LogP contribution in [0, 0.1) is 0 Å². The molecule has 0 aliphatic heterocycles. The summed E-state index contributed by atoms with van der Waals surface area (Å²) in [5.74, 6) is 0. The van der Waals surface area contributed by atoms with Crippen LogP contribution in [0.25, 0.3) is 22.3 Å². The van der Waals surface area contributed by atoms with E-state index in [0.29, 0.717) is 12.2 Å². The van der Waals surface area contributed by atoms with Gasteiger partial charge in [-0.3, -0.25) is 14.3 Å². The Bertz CT molecular complexity index is 1170. The maximum absolute atomic E-state index is 12.4. The van der Waals surface area contributed by atoms with E-state index in [2.05, 4.69) is 15.2 Å². The number of fused-ring (bicyclic) bond motifs is 1. The number of hydrogen-bond donors (Lipinski definition) is 0. The van der Waals surface area contributed by atoms with Gasteiger partial charge < -0.3 is 0 Å². The molecule has 4 rings (SSSR count). The van der Waals surface area contributed by atoms with Crippen molar-refractivity contribution in [2.75, 3.05) is 0 Å². The van der Waals surface area contributed by atoms with Gasteiger partial charge in [0, 0.05) is 24.3 Å². The lowest BCUT2D eigenvalue weighted by Crippen LogP contribution is -2.39. The van der Waals surface area contributed by atoms with E-state index in [4.69, 9.17) is 0 Å². The van der Waals surface area contributed by atoms with Crippen LogP contribution in [0.5, 0.6) is 0 Å². The Labute approximate surface area is 141 Å². The lowest BCUT2D eigenvalue weighted by molar-refractivity contribution is 0.601. The van der Waals surface area contributed by atoms with Crippen molar-refractivity contribution in [3.8, 4) is 11.4 Å². The van der Waals surface area contributed by atoms with Crippen molar-refractivity contribution in [2.24, 2.45) is 0 Å². The van der Waals surface area contributed by atoms with Gasteiger partial charge in [0.1, 0.15) is 6.20 Å². The van der Waals surface area contributed by atoms with Gasteiger partial charge in [-0.1, -0.05) is 0 Å². The summed E-state index contributed by atoms with van der Waals surface area (Å²) in [4.78, 5) is 28.2. The Kier molecular flexibility index (Phi) is 3.50. The monoisotopic (exact) mass is 334 g/mol. The van der Waals surface area contributed by atoms with Crippen LogP contribution < -0.4 is 11.2 Å². The summed E-state index contributed by atoms with van der Waals surface area (Å²) in [6, 6.07) is 9.12. The number of benzene rings is 1. The molecule has 25 heavy (non-hydrogen) atoms.